The van der Waals surface area contributed by atoms with Crippen molar-refractivity contribution >= 4 is 34.5 Å². The van der Waals surface area contributed by atoms with Crippen LogP contribution in [-0.2, 0) is 9.47 Å². The fourth-order valence-electron chi connectivity index (χ4n) is 3.28. The molecule has 10 heteroatoms. The third-order valence-corrected chi connectivity index (χ3v) is 5.59. The van der Waals surface area contributed by atoms with Gasteiger partial charge in [0.15, 0.2) is 12.0 Å². The number of aliphatic hydroxyl groups excluding tert-OH is 2. The van der Waals surface area contributed by atoms with Crippen LogP contribution < -0.4 is 11.0 Å². The van der Waals surface area contributed by atoms with E-state index in [-0.39, 0.29) is 5.82 Å². The largest absolute Gasteiger partial charge is 0.449 e. The average molecular weight is 479 g/mol. The van der Waals surface area contributed by atoms with Crippen molar-refractivity contribution in [3.8, 4) is 0 Å². The number of carbonyl (C=O) groups is 1. The van der Waals surface area contributed by atoms with E-state index in [0.29, 0.717) is 16.1 Å². The van der Waals surface area contributed by atoms with Gasteiger partial charge in [0.25, 0.3) is 0 Å². The van der Waals surface area contributed by atoms with Crippen LogP contribution in [0.5, 0.6) is 0 Å². The normalized spacial score (nSPS) is 29.1. The summed E-state index contributed by atoms with van der Waals surface area (Å²) in [6.45, 7) is 1.96. The topological polar surface area (TPSA) is 123 Å². The Balaban J connectivity index is 1.67. The SMILES string of the molecule is C[C@H]1O[C@@H](n2cc(I)c(NC(=O)OCC3CCCC3)nc2=O)C(O)C1O. The number of hydrogen-bond acceptors (Lipinski definition) is 7. The van der Waals surface area contributed by atoms with Crippen LogP contribution >= 0.6 is 22.6 Å². The lowest BCUT2D eigenvalue weighted by molar-refractivity contribution is -0.0351. The summed E-state index contributed by atoms with van der Waals surface area (Å²) < 4.78 is 12.2. The van der Waals surface area contributed by atoms with E-state index in [2.05, 4.69) is 10.3 Å². The first-order valence-electron chi connectivity index (χ1n) is 8.61. The predicted molar refractivity (Wildman–Crippen MR) is 99.7 cm³/mol. The highest BCUT2D eigenvalue weighted by molar-refractivity contribution is 14.1. The van der Waals surface area contributed by atoms with Crippen molar-refractivity contribution in [2.45, 2.75) is 57.1 Å². The molecule has 0 spiro atoms. The monoisotopic (exact) mass is 479 g/mol. The maximum absolute atomic E-state index is 12.3. The molecule has 1 amide bonds. The Kier molecular flexibility index (Phi) is 6.15. The molecule has 26 heavy (non-hydrogen) atoms. The first-order valence-corrected chi connectivity index (χ1v) is 9.68. The molecule has 0 aromatic carbocycles. The maximum atomic E-state index is 12.3. The van der Waals surface area contributed by atoms with Crippen LogP contribution in [0.15, 0.2) is 11.0 Å². The lowest BCUT2D eigenvalue weighted by Gasteiger charge is -2.18. The third kappa shape index (κ3) is 4.18. The molecule has 2 fully saturated rings. The number of halogens is 1. The fraction of sp³-hybridized carbons (Fsp3) is 0.688. The number of nitrogens with one attached hydrogen (secondary N) is 1. The van der Waals surface area contributed by atoms with E-state index < -0.39 is 36.3 Å². The number of aliphatic hydroxyl groups is 2. The molecule has 1 aromatic heterocycles. The highest BCUT2D eigenvalue weighted by Crippen LogP contribution is 2.29. The Labute approximate surface area is 163 Å². The number of nitrogens with zero attached hydrogens (tertiary/aromatic N) is 2. The van der Waals surface area contributed by atoms with Gasteiger partial charge < -0.3 is 19.7 Å². The van der Waals surface area contributed by atoms with Crippen molar-refractivity contribution in [3.63, 3.8) is 0 Å². The van der Waals surface area contributed by atoms with Gasteiger partial charge in [-0.1, -0.05) is 12.8 Å². The highest BCUT2D eigenvalue weighted by Gasteiger charge is 2.42. The Morgan fingerprint density at radius 2 is 2.12 bits per heavy atom. The van der Waals surface area contributed by atoms with Crippen LogP contribution in [0.2, 0.25) is 0 Å². The Morgan fingerprint density at radius 1 is 1.42 bits per heavy atom. The number of rotatable bonds is 4. The minimum absolute atomic E-state index is 0.0874. The lowest BCUT2D eigenvalue weighted by atomic mass is 10.1. The summed E-state index contributed by atoms with van der Waals surface area (Å²) in [5.74, 6) is 0.486. The molecule has 3 rings (SSSR count). The van der Waals surface area contributed by atoms with Crippen molar-refractivity contribution in [1.82, 2.24) is 9.55 Å². The second kappa shape index (κ2) is 8.19. The molecule has 1 aliphatic heterocycles. The van der Waals surface area contributed by atoms with Crippen LogP contribution in [0.4, 0.5) is 10.6 Å². The molecule has 1 saturated heterocycles. The van der Waals surface area contributed by atoms with E-state index >= 15 is 0 Å². The third-order valence-electron chi connectivity index (χ3n) is 4.80. The number of aromatic nitrogens is 2. The number of anilines is 1. The molecule has 144 valence electrons. The molecule has 2 unspecified atom stereocenters. The Morgan fingerprint density at radius 3 is 2.73 bits per heavy atom. The second-order valence-corrected chi connectivity index (χ2v) is 7.88. The van der Waals surface area contributed by atoms with Gasteiger partial charge in [0.2, 0.25) is 0 Å². The van der Waals surface area contributed by atoms with E-state index in [1.807, 2.05) is 22.6 Å². The zero-order chi connectivity index (χ0) is 18.8. The van der Waals surface area contributed by atoms with Crippen molar-refractivity contribution in [3.05, 3.63) is 20.3 Å². The van der Waals surface area contributed by atoms with Crippen LogP contribution in [0.25, 0.3) is 0 Å². The summed E-state index contributed by atoms with van der Waals surface area (Å²) in [7, 11) is 0. The van der Waals surface area contributed by atoms with Crippen LogP contribution in [0.1, 0.15) is 38.8 Å². The highest BCUT2D eigenvalue weighted by atomic mass is 127. The number of hydrogen-bond donors (Lipinski definition) is 3. The molecule has 1 aliphatic carbocycles. The molecule has 2 aliphatic rings. The molecule has 1 saturated carbocycles. The predicted octanol–water partition coefficient (Wildman–Crippen LogP) is 1.23. The molecular weight excluding hydrogens is 457 g/mol. The molecular formula is C16H22IN3O6. The summed E-state index contributed by atoms with van der Waals surface area (Å²) >= 11 is 1.91. The van der Waals surface area contributed by atoms with Gasteiger partial charge in [-0.3, -0.25) is 9.88 Å². The molecule has 2 heterocycles. The smallest absolute Gasteiger partial charge is 0.412 e. The van der Waals surface area contributed by atoms with Gasteiger partial charge >= 0.3 is 11.8 Å². The Bertz CT molecular complexity index is 720. The average Bonchev–Trinajstić information content (AvgIpc) is 3.20. The number of ether oxygens (including phenoxy) is 2. The van der Waals surface area contributed by atoms with E-state index in [0.717, 1.165) is 30.3 Å². The minimum atomic E-state index is -1.24. The van der Waals surface area contributed by atoms with Crippen LogP contribution in [-0.4, -0.2) is 50.8 Å². The first kappa shape index (κ1) is 19.5. The van der Waals surface area contributed by atoms with Crippen LogP contribution in [0, 0.1) is 9.49 Å². The summed E-state index contributed by atoms with van der Waals surface area (Å²) in [4.78, 5) is 28.0. The van der Waals surface area contributed by atoms with E-state index in [1.54, 1.807) is 6.92 Å². The van der Waals surface area contributed by atoms with Gasteiger partial charge in [0, 0.05) is 6.20 Å². The quantitative estimate of drug-likeness (QED) is 0.556. The van der Waals surface area contributed by atoms with Gasteiger partial charge in [-0.05, 0) is 48.3 Å². The van der Waals surface area contributed by atoms with Crippen molar-refractivity contribution in [2.75, 3.05) is 11.9 Å². The van der Waals surface area contributed by atoms with Gasteiger partial charge in [-0.25, -0.2) is 9.59 Å². The van der Waals surface area contributed by atoms with E-state index in [9.17, 15) is 19.8 Å². The maximum Gasteiger partial charge on any atom is 0.412 e. The zero-order valence-electron chi connectivity index (χ0n) is 14.3. The van der Waals surface area contributed by atoms with Crippen molar-refractivity contribution in [2.24, 2.45) is 5.92 Å². The standard InChI is InChI=1S/C16H22IN3O6/c1-8-11(21)12(22)14(26-8)20-6-10(17)13(18-15(20)23)19-16(24)25-7-9-4-2-3-5-9/h6,8-9,11-12,14,21-22H,2-5,7H2,1H3,(H,18,19,23,24)/t8-,11?,12?,14-/m1/s1. The number of amides is 1. The van der Waals surface area contributed by atoms with Gasteiger partial charge in [-0.15, -0.1) is 0 Å². The second-order valence-electron chi connectivity index (χ2n) is 6.71. The first-order chi connectivity index (χ1) is 12.4. The molecule has 1 aromatic rings. The van der Waals surface area contributed by atoms with E-state index in [1.165, 1.54) is 6.20 Å². The fourth-order valence-corrected chi connectivity index (χ4v) is 3.83. The molecule has 0 bridgehead atoms. The minimum Gasteiger partial charge on any atom is -0.449 e. The zero-order valence-corrected chi connectivity index (χ0v) is 16.5. The lowest BCUT2D eigenvalue weighted by Crippen LogP contribution is -2.36. The molecule has 0 radical (unpaired) electrons. The van der Waals surface area contributed by atoms with Crippen molar-refractivity contribution in [1.29, 1.82) is 0 Å². The van der Waals surface area contributed by atoms with Gasteiger partial charge in [-0.2, -0.15) is 4.98 Å². The van der Waals surface area contributed by atoms with Gasteiger partial charge in [0.05, 0.1) is 16.3 Å². The summed E-state index contributed by atoms with van der Waals surface area (Å²) in [6.07, 6.45) is 1.25. The molecule has 3 N–H and O–H groups in total. The molecule has 4 atom stereocenters. The summed E-state index contributed by atoms with van der Waals surface area (Å²) in [5, 5.41) is 22.3. The van der Waals surface area contributed by atoms with Crippen LogP contribution in [0.3, 0.4) is 0 Å². The number of carbonyl (C=O) groups excluding carboxylic acids is 1. The summed E-state index contributed by atoms with van der Waals surface area (Å²) in [5.41, 5.74) is -0.707. The Hall–Kier alpha value is -1.24. The molecule has 9 nitrogen and oxygen atoms in total. The summed E-state index contributed by atoms with van der Waals surface area (Å²) in [6, 6.07) is 0. The van der Waals surface area contributed by atoms with E-state index in [4.69, 9.17) is 9.47 Å². The van der Waals surface area contributed by atoms with Crippen molar-refractivity contribution < 1.29 is 24.5 Å². The van der Waals surface area contributed by atoms with Gasteiger partial charge in [0.1, 0.15) is 12.2 Å².